The molecule has 2 amide bonds. The zero-order valence-electron chi connectivity index (χ0n) is 19.6. The first-order valence-corrected chi connectivity index (χ1v) is 11.6. The Morgan fingerprint density at radius 2 is 1.63 bits per heavy atom. The van der Waals surface area contributed by atoms with Crippen molar-refractivity contribution in [1.82, 2.24) is 10.6 Å². The summed E-state index contributed by atoms with van der Waals surface area (Å²) in [6.45, 7) is 3.95. The van der Waals surface area contributed by atoms with Gasteiger partial charge in [-0.15, -0.1) is 0 Å². The maximum absolute atomic E-state index is 12.8. The molecule has 3 aromatic rings. The van der Waals surface area contributed by atoms with Crippen molar-refractivity contribution in [1.29, 1.82) is 0 Å². The van der Waals surface area contributed by atoms with Gasteiger partial charge in [-0.1, -0.05) is 68.8 Å². The molecule has 0 saturated carbocycles. The van der Waals surface area contributed by atoms with Crippen LogP contribution in [0.4, 0.5) is 4.79 Å². The van der Waals surface area contributed by atoms with Gasteiger partial charge in [0.1, 0.15) is 18.4 Å². The highest BCUT2D eigenvalue weighted by Gasteiger charge is 2.31. The molecule has 0 unspecified atom stereocenters. The second-order valence-corrected chi connectivity index (χ2v) is 8.62. The Hall–Kier alpha value is -4.07. The lowest BCUT2D eigenvalue weighted by molar-refractivity contribution is -0.124. The Labute approximate surface area is 203 Å². The highest BCUT2D eigenvalue weighted by atomic mass is 16.5. The predicted octanol–water partition coefficient (Wildman–Crippen LogP) is 4.55. The van der Waals surface area contributed by atoms with E-state index in [1.165, 1.54) is 12.1 Å². The largest absolute Gasteiger partial charge is 0.475 e. The average molecular weight is 477 g/mol. The Balaban J connectivity index is 1.38. The lowest BCUT2D eigenvalue weighted by atomic mass is 9.98. The summed E-state index contributed by atoms with van der Waals surface area (Å²) in [7, 11) is 0. The minimum Gasteiger partial charge on any atom is -0.475 e. The van der Waals surface area contributed by atoms with Gasteiger partial charge in [0.25, 0.3) is 0 Å². The molecule has 2 aromatic carbocycles. The van der Waals surface area contributed by atoms with Gasteiger partial charge < -0.3 is 24.9 Å². The molecule has 0 aliphatic heterocycles. The molecule has 2 atom stereocenters. The van der Waals surface area contributed by atoms with Crippen molar-refractivity contribution in [2.24, 2.45) is 5.92 Å². The number of carboxylic acid groups (broad SMARTS) is 1. The normalized spacial score (nSPS) is 13.9. The molecule has 1 heterocycles. The van der Waals surface area contributed by atoms with E-state index in [2.05, 4.69) is 22.8 Å². The molecular formula is C27H28N2O6. The number of benzene rings is 2. The number of alkyl carbamates (subject to hydrolysis) is 1. The van der Waals surface area contributed by atoms with Gasteiger partial charge in [0, 0.05) is 5.92 Å². The minimum atomic E-state index is -1.18. The highest BCUT2D eigenvalue weighted by molar-refractivity contribution is 5.86. The van der Waals surface area contributed by atoms with Crippen molar-refractivity contribution in [2.45, 2.75) is 38.8 Å². The maximum atomic E-state index is 12.8. The monoisotopic (exact) mass is 476 g/mol. The van der Waals surface area contributed by atoms with Crippen molar-refractivity contribution in [3.8, 4) is 11.1 Å². The summed E-state index contributed by atoms with van der Waals surface area (Å²) in [4.78, 5) is 36.5. The number of carbonyl (C=O) groups is 3. The van der Waals surface area contributed by atoms with E-state index in [1.807, 2.05) is 50.2 Å². The van der Waals surface area contributed by atoms with Crippen LogP contribution in [0.3, 0.4) is 0 Å². The zero-order chi connectivity index (χ0) is 24.9. The molecule has 182 valence electrons. The fourth-order valence-electron chi connectivity index (χ4n) is 4.34. The first-order chi connectivity index (χ1) is 16.9. The fourth-order valence-corrected chi connectivity index (χ4v) is 4.34. The summed E-state index contributed by atoms with van der Waals surface area (Å²) in [5.74, 6) is -1.71. The van der Waals surface area contributed by atoms with Crippen LogP contribution >= 0.6 is 0 Å². The third kappa shape index (κ3) is 5.21. The van der Waals surface area contributed by atoms with Crippen LogP contribution in [0.1, 0.15) is 53.6 Å². The van der Waals surface area contributed by atoms with Gasteiger partial charge in [-0.3, -0.25) is 4.79 Å². The van der Waals surface area contributed by atoms with Crippen LogP contribution in [0.5, 0.6) is 0 Å². The Morgan fingerprint density at radius 3 is 2.20 bits per heavy atom. The van der Waals surface area contributed by atoms with E-state index in [9.17, 15) is 14.4 Å². The molecule has 0 fully saturated rings. The third-order valence-electron chi connectivity index (χ3n) is 6.42. The first-order valence-electron chi connectivity index (χ1n) is 11.6. The topological polar surface area (TPSA) is 118 Å². The van der Waals surface area contributed by atoms with Crippen LogP contribution in [0.15, 0.2) is 65.1 Å². The van der Waals surface area contributed by atoms with Crippen LogP contribution in [-0.4, -0.2) is 35.7 Å². The Kier molecular flexibility index (Phi) is 7.19. The van der Waals surface area contributed by atoms with Gasteiger partial charge in [0.15, 0.2) is 0 Å². The van der Waals surface area contributed by atoms with Crippen molar-refractivity contribution >= 4 is 18.0 Å². The summed E-state index contributed by atoms with van der Waals surface area (Å²) >= 11 is 0. The van der Waals surface area contributed by atoms with E-state index < -0.39 is 24.0 Å². The van der Waals surface area contributed by atoms with Crippen LogP contribution in [0, 0.1) is 5.92 Å². The van der Waals surface area contributed by atoms with Gasteiger partial charge in [-0.2, -0.15) is 0 Å². The highest BCUT2D eigenvalue weighted by Crippen LogP contribution is 2.44. The number of hydrogen-bond donors (Lipinski definition) is 3. The molecule has 3 N–H and O–H groups in total. The van der Waals surface area contributed by atoms with E-state index in [4.69, 9.17) is 14.3 Å². The van der Waals surface area contributed by atoms with Crippen molar-refractivity contribution in [2.75, 3.05) is 6.61 Å². The number of carboxylic acids is 1. The molecule has 0 spiro atoms. The van der Waals surface area contributed by atoms with Gasteiger partial charge in [0.2, 0.25) is 11.7 Å². The molecule has 8 nitrogen and oxygen atoms in total. The minimum absolute atomic E-state index is 0.00537. The number of rotatable bonds is 9. The van der Waals surface area contributed by atoms with E-state index in [1.54, 1.807) is 0 Å². The van der Waals surface area contributed by atoms with E-state index in [-0.39, 0.29) is 30.7 Å². The number of fused-ring (bicyclic) bond motifs is 3. The Bertz CT molecular complexity index is 1190. The zero-order valence-corrected chi connectivity index (χ0v) is 19.6. The SMILES string of the molecule is CC[C@H](C)[C@H](NC(=O)OCC1c2ccccc2-c2ccccc21)C(=O)NCc1ccc(C(=O)O)o1. The number of amides is 2. The summed E-state index contributed by atoms with van der Waals surface area (Å²) in [6.07, 6.45) is -0.00969. The second-order valence-electron chi connectivity index (χ2n) is 8.62. The molecule has 1 aromatic heterocycles. The lowest BCUT2D eigenvalue weighted by Gasteiger charge is -2.23. The quantitative estimate of drug-likeness (QED) is 0.417. The van der Waals surface area contributed by atoms with Gasteiger partial charge in [-0.05, 0) is 40.3 Å². The molecule has 0 bridgehead atoms. The summed E-state index contributed by atoms with van der Waals surface area (Å²) < 4.78 is 10.8. The molecule has 35 heavy (non-hydrogen) atoms. The van der Waals surface area contributed by atoms with Crippen molar-refractivity contribution < 1.29 is 28.6 Å². The summed E-state index contributed by atoms with van der Waals surface area (Å²) in [5.41, 5.74) is 4.49. The third-order valence-corrected chi connectivity index (χ3v) is 6.42. The smallest absolute Gasteiger partial charge is 0.407 e. The van der Waals surface area contributed by atoms with Gasteiger partial charge in [-0.25, -0.2) is 9.59 Å². The molecule has 1 aliphatic rings. The van der Waals surface area contributed by atoms with E-state index in [0.717, 1.165) is 22.3 Å². The molecule has 1 aliphatic carbocycles. The Morgan fingerprint density at radius 1 is 1.00 bits per heavy atom. The standard InChI is InChI=1S/C27H28N2O6/c1-3-16(2)24(25(30)28-14-17-12-13-23(35-17)26(31)32)29-27(33)34-15-22-20-10-6-4-8-18(20)19-9-5-7-11-21(19)22/h4-13,16,22,24H,3,14-15H2,1-2H3,(H,28,30)(H,29,33)(H,31,32)/t16-,24-/m0/s1. The van der Waals surface area contributed by atoms with Crippen molar-refractivity contribution in [3.63, 3.8) is 0 Å². The number of furan rings is 1. The fraction of sp³-hybridized carbons (Fsp3) is 0.296. The maximum Gasteiger partial charge on any atom is 0.407 e. The molecule has 8 heteroatoms. The number of nitrogens with one attached hydrogen (secondary N) is 2. The number of hydrogen-bond acceptors (Lipinski definition) is 5. The lowest BCUT2D eigenvalue weighted by Crippen LogP contribution is -2.50. The number of ether oxygens (including phenoxy) is 1. The van der Waals surface area contributed by atoms with Crippen LogP contribution in [-0.2, 0) is 16.1 Å². The number of aromatic carboxylic acids is 1. The van der Waals surface area contributed by atoms with E-state index >= 15 is 0 Å². The van der Waals surface area contributed by atoms with Crippen LogP contribution in [0.2, 0.25) is 0 Å². The van der Waals surface area contributed by atoms with Crippen molar-refractivity contribution in [3.05, 3.63) is 83.3 Å². The molecule has 0 saturated heterocycles. The van der Waals surface area contributed by atoms with E-state index in [0.29, 0.717) is 12.2 Å². The van der Waals surface area contributed by atoms with Crippen LogP contribution in [0.25, 0.3) is 11.1 Å². The van der Waals surface area contributed by atoms with Gasteiger partial charge >= 0.3 is 12.1 Å². The average Bonchev–Trinajstić information content (AvgIpc) is 3.47. The second kappa shape index (κ2) is 10.5. The molecular weight excluding hydrogens is 448 g/mol. The molecule has 0 radical (unpaired) electrons. The number of carbonyl (C=O) groups excluding carboxylic acids is 2. The molecule has 4 rings (SSSR count). The summed E-state index contributed by atoms with van der Waals surface area (Å²) in [6, 6.07) is 18.1. The van der Waals surface area contributed by atoms with Gasteiger partial charge in [0.05, 0.1) is 6.54 Å². The predicted molar refractivity (Wildman–Crippen MR) is 129 cm³/mol. The summed E-state index contributed by atoms with van der Waals surface area (Å²) in [5, 5.41) is 14.4. The first kappa shape index (κ1) is 24.1. The van der Waals surface area contributed by atoms with Crippen LogP contribution < -0.4 is 10.6 Å².